The molecule has 0 spiro atoms. The second-order valence-electron chi connectivity index (χ2n) is 5.76. The fourth-order valence-corrected chi connectivity index (χ4v) is 3.24. The lowest BCUT2D eigenvalue weighted by Gasteiger charge is -2.36. The molecule has 4 nitrogen and oxygen atoms in total. The van der Waals surface area contributed by atoms with Crippen LogP contribution in [0, 0.1) is 0 Å². The highest BCUT2D eigenvalue weighted by Crippen LogP contribution is 2.22. The summed E-state index contributed by atoms with van der Waals surface area (Å²) in [5.74, 6) is 0. The first kappa shape index (κ1) is 14.3. The highest BCUT2D eigenvalue weighted by atomic mass is 16.5. The van der Waals surface area contributed by atoms with Crippen LogP contribution < -0.4 is 0 Å². The summed E-state index contributed by atoms with van der Waals surface area (Å²) < 4.78 is 5.88. The number of rotatable bonds is 5. The first-order chi connectivity index (χ1) is 8.69. The summed E-state index contributed by atoms with van der Waals surface area (Å²) in [4.78, 5) is 4.99. The summed E-state index contributed by atoms with van der Waals surface area (Å²) in [7, 11) is 0. The van der Waals surface area contributed by atoms with Gasteiger partial charge >= 0.3 is 0 Å². The van der Waals surface area contributed by atoms with Gasteiger partial charge in [0.25, 0.3) is 0 Å². The van der Waals surface area contributed by atoms with Gasteiger partial charge in [-0.15, -0.1) is 0 Å². The number of likely N-dealkylation sites (tertiary alicyclic amines) is 1. The minimum absolute atomic E-state index is 0.185. The van der Waals surface area contributed by atoms with E-state index in [1.54, 1.807) is 0 Å². The monoisotopic (exact) mass is 256 g/mol. The van der Waals surface area contributed by atoms with Crippen molar-refractivity contribution >= 4 is 0 Å². The fourth-order valence-electron chi connectivity index (χ4n) is 3.24. The summed E-state index contributed by atoms with van der Waals surface area (Å²) in [6.45, 7) is 10.4. The first-order valence-corrected chi connectivity index (χ1v) is 7.45. The standard InChI is InChI=1S/C14H28N2O2/c1-3-15-7-8-18-14(10-15)11-16-6-4-5-13(16)9-12(2)17/h12-14,17H,3-11H2,1-2H3. The Morgan fingerprint density at radius 3 is 2.94 bits per heavy atom. The highest BCUT2D eigenvalue weighted by Gasteiger charge is 2.29. The van der Waals surface area contributed by atoms with Crippen molar-refractivity contribution in [2.24, 2.45) is 0 Å². The van der Waals surface area contributed by atoms with Crippen molar-refractivity contribution in [3.8, 4) is 0 Å². The molecule has 0 aromatic carbocycles. The second-order valence-corrected chi connectivity index (χ2v) is 5.76. The van der Waals surface area contributed by atoms with Crippen LogP contribution in [0.2, 0.25) is 0 Å². The Kier molecular flexibility index (Phi) is 5.42. The van der Waals surface area contributed by atoms with Crippen molar-refractivity contribution in [1.29, 1.82) is 0 Å². The maximum atomic E-state index is 9.55. The van der Waals surface area contributed by atoms with Gasteiger partial charge < -0.3 is 9.84 Å². The van der Waals surface area contributed by atoms with E-state index in [0.29, 0.717) is 12.1 Å². The van der Waals surface area contributed by atoms with Gasteiger partial charge in [0.2, 0.25) is 0 Å². The van der Waals surface area contributed by atoms with Gasteiger partial charge in [-0.3, -0.25) is 9.80 Å². The number of likely N-dealkylation sites (N-methyl/N-ethyl adjacent to an activating group) is 1. The summed E-state index contributed by atoms with van der Waals surface area (Å²) in [6, 6.07) is 0.561. The molecule has 0 aliphatic carbocycles. The maximum absolute atomic E-state index is 9.55. The van der Waals surface area contributed by atoms with E-state index in [1.807, 2.05) is 6.92 Å². The van der Waals surface area contributed by atoms with Gasteiger partial charge in [-0.05, 0) is 39.3 Å². The van der Waals surface area contributed by atoms with E-state index < -0.39 is 0 Å². The van der Waals surface area contributed by atoms with Gasteiger partial charge in [0.15, 0.2) is 0 Å². The molecule has 2 saturated heterocycles. The van der Waals surface area contributed by atoms with Crippen LogP contribution in [-0.4, -0.2) is 72.5 Å². The average molecular weight is 256 g/mol. The molecule has 2 rings (SSSR count). The van der Waals surface area contributed by atoms with Gasteiger partial charge in [-0.2, -0.15) is 0 Å². The lowest BCUT2D eigenvalue weighted by molar-refractivity contribution is -0.0450. The van der Waals surface area contributed by atoms with E-state index in [4.69, 9.17) is 4.74 Å². The average Bonchev–Trinajstić information content (AvgIpc) is 2.76. The number of aliphatic hydroxyl groups excluding tert-OH is 1. The third kappa shape index (κ3) is 3.92. The van der Waals surface area contributed by atoms with Crippen LogP contribution >= 0.6 is 0 Å². The summed E-state index contributed by atoms with van der Waals surface area (Å²) in [5, 5.41) is 9.55. The van der Waals surface area contributed by atoms with E-state index in [-0.39, 0.29) is 6.10 Å². The zero-order valence-electron chi connectivity index (χ0n) is 11.8. The molecule has 0 bridgehead atoms. The van der Waals surface area contributed by atoms with Crippen LogP contribution in [0.1, 0.15) is 33.1 Å². The Balaban J connectivity index is 1.80. The molecule has 2 fully saturated rings. The number of hydrogen-bond donors (Lipinski definition) is 1. The van der Waals surface area contributed by atoms with Crippen LogP contribution in [0.3, 0.4) is 0 Å². The normalized spacial score (nSPS) is 32.8. The van der Waals surface area contributed by atoms with E-state index in [0.717, 1.165) is 39.2 Å². The summed E-state index contributed by atoms with van der Waals surface area (Å²) in [5.41, 5.74) is 0. The second kappa shape index (κ2) is 6.85. The van der Waals surface area contributed by atoms with Crippen LogP contribution in [0.5, 0.6) is 0 Å². The minimum Gasteiger partial charge on any atom is -0.393 e. The Morgan fingerprint density at radius 2 is 2.22 bits per heavy atom. The van der Waals surface area contributed by atoms with Crippen LogP contribution in [0.4, 0.5) is 0 Å². The molecule has 2 aliphatic rings. The zero-order chi connectivity index (χ0) is 13.0. The smallest absolute Gasteiger partial charge is 0.0829 e. The molecule has 0 saturated carbocycles. The first-order valence-electron chi connectivity index (χ1n) is 7.45. The quantitative estimate of drug-likeness (QED) is 0.794. The maximum Gasteiger partial charge on any atom is 0.0829 e. The molecule has 1 N–H and O–H groups in total. The van der Waals surface area contributed by atoms with Crippen molar-refractivity contribution < 1.29 is 9.84 Å². The van der Waals surface area contributed by atoms with Crippen molar-refractivity contribution in [2.45, 2.75) is 51.4 Å². The Hall–Kier alpha value is -0.160. The molecular formula is C14H28N2O2. The third-order valence-corrected chi connectivity index (χ3v) is 4.22. The van der Waals surface area contributed by atoms with Crippen LogP contribution in [0.25, 0.3) is 0 Å². The lowest BCUT2D eigenvalue weighted by Crippen LogP contribution is -2.48. The molecular weight excluding hydrogens is 228 g/mol. The van der Waals surface area contributed by atoms with Crippen molar-refractivity contribution in [2.75, 3.05) is 39.3 Å². The predicted molar refractivity (Wildman–Crippen MR) is 72.7 cm³/mol. The zero-order valence-corrected chi connectivity index (χ0v) is 11.8. The van der Waals surface area contributed by atoms with Gasteiger partial charge in [-0.1, -0.05) is 6.92 Å². The van der Waals surface area contributed by atoms with Gasteiger partial charge in [0.05, 0.1) is 18.8 Å². The number of aliphatic hydroxyl groups is 1. The Morgan fingerprint density at radius 1 is 1.39 bits per heavy atom. The predicted octanol–water partition coefficient (Wildman–Crippen LogP) is 0.942. The van der Waals surface area contributed by atoms with Crippen LogP contribution in [0.15, 0.2) is 0 Å². The summed E-state index contributed by atoms with van der Waals surface area (Å²) >= 11 is 0. The van der Waals surface area contributed by atoms with Gasteiger partial charge in [-0.25, -0.2) is 0 Å². The van der Waals surface area contributed by atoms with E-state index in [2.05, 4.69) is 16.7 Å². The largest absolute Gasteiger partial charge is 0.393 e. The fraction of sp³-hybridized carbons (Fsp3) is 1.00. The molecule has 2 heterocycles. The number of morpholine rings is 1. The van der Waals surface area contributed by atoms with Crippen molar-refractivity contribution in [3.05, 3.63) is 0 Å². The Labute approximate surface area is 111 Å². The molecule has 4 heteroatoms. The van der Waals surface area contributed by atoms with E-state index in [1.165, 1.54) is 19.4 Å². The number of nitrogens with zero attached hydrogens (tertiary/aromatic N) is 2. The van der Waals surface area contributed by atoms with E-state index >= 15 is 0 Å². The molecule has 0 aromatic rings. The molecule has 0 aromatic heterocycles. The Bertz CT molecular complexity index is 248. The number of hydrogen-bond acceptors (Lipinski definition) is 4. The number of ether oxygens (including phenoxy) is 1. The van der Waals surface area contributed by atoms with Crippen molar-refractivity contribution in [3.63, 3.8) is 0 Å². The lowest BCUT2D eigenvalue weighted by atomic mass is 10.1. The minimum atomic E-state index is -0.185. The van der Waals surface area contributed by atoms with Gasteiger partial charge in [0.1, 0.15) is 0 Å². The molecule has 3 unspecified atom stereocenters. The van der Waals surface area contributed by atoms with Crippen molar-refractivity contribution in [1.82, 2.24) is 9.80 Å². The summed E-state index contributed by atoms with van der Waals surface area (Å²) in [6.07, 6.45) is 3.57. The molecule has 106 valence electrons. The van der Waals surface area contributed by atoms with E-state index in [9.17, 15) is 5.11 Å². The molecule has 0 radical (unpaired) electrons. The molecule has 2 aliphatic heterocycles. The van der Waals surface area contributed by atoms with Crippen LogP contribution in [-0.2, 0) is 4.74 Å². The molecule has 18 heavy (non-hydrogen) atoms. The molecule has 0 amide bonds. The highest BCUT2D eigenvalue weighted by molar-refractivity contribution is 4.84. The van der Waals surface area contributed by atoms with Gasteiger partial charge in [0, 0.05) is 25.7 Å². The molecule has 3 atom stereocenters. The third-order valence-electron chi connectivity index (χ3n) is 4.22. The SMILES string of the molecule is CCN1CCOC(CN2CCCC2CC(C)O)C1. The topological polar surface area (TPSA) is 35.9 Å².